The van der Waals surface area contributed by atoms with Crippen LogP contribution in [0.2, 0.25) is 0 Å². The van der Waals surface area contributed by atoms with Gasteiger partial charge < -0.3 is 4.74 Å². The van der Waals surface area contributed by atoms with Crippen LogP contribution in [0.4, 0.5) is 5.69 Å². The quantitative estimate of drug-likeness (QED) is 0.0898. The number of anilines is 1. The number of hydrogen-bond donors (Lipinski definition) is 0. The molecule has 0 saturated carbocycles. The second-order valence-electron chi connectivity index (χ2n) is 10.8. The van der Waals surface area contributed by atoms with Gasteiger partial charge in [0.25, 0.3) is 11.8 Å². The number of amides is 2. The summed E-state index contributed by atoms with van der Waals surface area (Å²) in [5, 5.41) is 0.611. The molecule has 0 N–H and O–H groups in total. The Morgan fingerprint density at radius 1 is 0.844 bits per heavy atom. The molecular weight excluding hydrogens is 632 g/mol. The van der Waals surface area contributed by atoms with E-state index in [2.05, 4.69) is 15.9 Å². The summed E-state index contributed by atoms with van der Waals surface area (Å²) in [7, 11) is 0. The van der Waals surface area contributed by atoms with E-state index in [1.165, 1.54) is 0 Å². The van der Waals surface area contributed by atoms with Crippen LogP contribution >= 0.6 is 15.9 Å². The van der Waals surface area contributed by atoms with Crippen LogP contribution < -0.4 is 4.90 Å². The second-order valence-corrected chi connectivity index (χ2v) is 11.7. The SMILES string of the molecule is CCCC(OC(=O)c1cc(-c2ccc(N3C(=O)c4ccccc4C3=O)cc2)nc2c(CC)cc(Br)cc12)C(=O)c1ccccc1. The molecule has 2 heterocycles. The number of esters is 1. The molecule has 224 valence electrons. The average molecular weight is 662 g/mol. The lowest BCUT2D eigenvalue weighted by molar-refractivity contribution is 0.0268. The highest BCUT2D eigenvalue weighted by atomic mass is 79.9. The Balaban J connectivity index is 1.38. The van der Waals surface area contributed by atoms with Crippen molar-refractivity contribution in [2.45, 2.75) is 39.2 Å². The molecule has 1 unspecified atom stereocenters. The standard InChI is InChI=1S/C37H29BrN2O5/c1-3-10-32(34(41)24-11-6-5-7-12-24)45-37(44)30-21-31(39-33-22(4-2)19-25(38)20-29(30)33)23-15-17-26(18-16-23)40-35(42)27-13-8-9-14-28(27)36(40)43/h5-9,11-21,32H,3-4,10H2,1-2H3. The highest BCUT2D eigenvalue weighted by molar-refractivity contribution is 9.10. The Kier molecular flexibility index (Phi) is 8.41. The van der Waals surface area contributed by atoms with Crippen LogP contribution in [0.1, 0.15) is 73.7 Å². The first-order chi connectivity index (χ1) is 21.8. The van der Waals surface area contributed by atoms with Crippen molar-refractivity contribution in [3.63, 3.8) is 0 Å². The number of imide groups is 1. The number of pyridine rings is 1. The summed E-state index contributed by atoms with van der Waals surface area (Å²) in [5.41, 5.74) is 4.73. The molecule has 0 spiro atoms. The van der Waals surface area contributed by atoms with Crippen LogP contribution in [0, 0.1) is 0 Å². The summed E-state index contributed by atoms with van der Waals surface area (Å²) in [6.45, 7) is 3.95. The number of aromatic nitrogens is 1. The van der Waals surface area contributed by atoms with Crippen molar-refractivity contribution >= 4 is 56.1 Å². The summed E-state index contributed by atoms with van der Waals surface area (Å²) < 4.78 is 6.73. The summed E-state index contributed by atoms with van der Waals surface area (Å²) >= 11 is 3.57. The second kappa shape index (κ2) is 12.6. The molecule has 1 atom stereocenters. The topological polar surface area (TPSA) is 93.6 Å². The van der Waals surface area contributed by atoms with Crippen LogP contribution in [0.3, 0.4) is 0 Å². The van der Waals surface area contributed by atoms with E-state index >= 15 is 0 Å². The molecule has 7 nitrogen and oxygen atoms in total. The first-order valence-electron chi connectivity index (χ1n) is 14.8. The first kappa shape index (κ1) is 30.1. The minimum atomic E-state index is -0.937. The number of benzene rings is 4. The lowest BCUT2D eigenvalue weighted by atomic mass is 9.99. The van der Waals surface area contributed by atoms with Gasteiger partial charge in [0.15, 0.2) is 6.10 Å². The van der Waals surface area contributed by atoms with E-state index < -0.39 is 12.1 Å². The van der Waals surface area contributed by atoms with Gasteiger partial charge in [-0.15, -0.1) is 0 Å². The van der Waals surface area contributed by atoms with Gasteiger partial charge in [-0.05, 0) is 60.9 Å². The third-order valence-electron chi connectivity index (χ3n) is 7.92. The molecule has 0 aliphatic carbocycles. The number of carbonyl (C=O) groups is 4. The normalized spacial score (nSPS) is 13.2. The Labute approximate surface area is 269 Å². The number of fused-ring (bicyclic) bond motifs is 2. The van der Waals surface area contributed by atoms with Crippen molar-refractivity contribution in [1.29, 1.82) is 0 Å². The summed E-state index contributed by atoms with van der Waals surface area (Å²) in [4.78, 5) is 59.3. The number of hydrogen-bond acceptors (Lipinski definition) is 6. The predicted molar refractivity (Wildman–Crippen MR) is 177 cm³/mol. The number of Topliss-reactive ketones (excluding diaryl/α,β-unsaturated/α-hetero) is 1. The fraction of sp³-hybridized carbons (Fsp3) is 0.162. The van der Waals surface area contributed by atoms with Gasteiger partial charge in [0.2, 0.25) is 5.78 Å². The highest BCUT2D eigenvalue weighted by Gasteiger charge is 2.36. The monoisotopic (exact) mass is 660 g/mol. The molecule has 5 aromatic rings. The van der Waals surface area contributed by atoms with Crippen molar-refractivity contribution in [2.75, 3.05) is 4.90 Å². The molecule has 45 heavy (non-hydrogen) atoms. The predicted octanol–water partition coefficient (Wildman–Crippen LogP) is 8.24. The molecule has 1 aromatic heterocycles. The molecule has 2 amide bonds. The number of carbonyl (C=O) groups excluding carboxylic acids is 4. The minimum absolute atomic E-state index is 0.247. The van der Waals surface area contributed by atoms with Crippen molar-refractivity contribution < 1.29 is 23.9 Å². The summed E-state index contributed by atoms with van der Waals surface area (Å²) in [6.07, 6.45) is 0.778. The van der Waals surface area contributed by atoms with Crippen LogP contribution in [0.15, 0.2) is 102 Å². The third kappa shape index (κ3) is 5.69. The van der Waals surface area contributed by atoms with Gasteiger partial charge >= 0.3 is 5.97 Å². The fourth-order valence-corrected chi connectivity index (χ4v) is 6.14. The van der Waals surface area contributed by atoms with E-state index in [1.54, 1.807) is 78.9 Å². The zero-order valence-electron chi connectivity index (χ0n) is 24.7. The maximum Gasteiger partial charge on any atom is 0.339 e. The van der Waals surface area contributed by atoms with E-state index in [4.69, 9.17) is 9.72 Å². The third-order valence-corrected chi connectivity index (χ3v) is 8.38. The number of ketones is 1. The largest absolute Gasteiger partial charge is 0.450 e. The molecule has 8 heteroatoms. The molecular formula is C37H29BrN2O5. The lowest BCUT2D eigenvalue weighted by Crippen LogP contribution is -2.29. The van der Waals surface area contributed by atoms with Crippen molar-refractivity contribution in [1.82, 2.24) is 4.98 Å². The number of ether oxygens (including phenoxy) is 1. The first-order valence-corrected chi connectivity index (χ1v) is 15.6. The van der Waals surface area contributed by atoms with Gasteiger partial charge in [-0.25, -0.2) is 14.7 Å². The maximum absolute atomic E-state index is 13.9. The zero-order chi connectivity index (χ0) is 31.7. The number of rotatable bonds is 9. The van der Waals surface area contributed by atoms with Gasteiger partial charge in [0, 0.05) is 21.0 Å². The number of aryl methyl sites for hydroxylation is 1. The van der Waals surface area contributed by atoms with E-state index in [1.807, 2.05) is 32.0 Å². The van der Waals surface area contributed by atoms with Gasteiger partial charge in [-0.2, -0.15) is 0 Å². The van der Waals surface area contributed by atoms with Gasteiger partial charge in [0.05, 0.1) is 33.6 Å². The van der Waals surface area contributed by atoms with E-state index in [-0.39, 0.29) is 23.2 Å². The minimum Gasteiger partial charge on any atom is -0.450 e. The summed E-state index contributed by atoms with van der Waals surface area (Å²) in [5.74, 6) is -1.61. The molecule has 0 fully saturated rings. The van der Waals surface area contributed by atoms with Crippen LogP contribution in [0.5, 0.6) is 0 Å². The van der Waals surface area contributed by atoms with Gasteiger partial charge in [0.1, 0.15) is 0 Å². The Bertz CT molecular complexity index is 1940. The zero-order valence-corrected chi connectivity index (χ0v) is 26.3. The van der Waals surface area contributed by atoms with Crippen LogP contribution in [-0.2, 0) is 11.2 Å². The number of halogens is 1. The Morgan fingerprint density at radius 2 is 1.49 bits per heavy atom. The fourth-order valence-electron chi connectivity index (χ4n) is 5.64. The van der Waals surface area contributed by atoms with E-state index in [0.29, 0.717) is 63.8 Å². The van der Waals surface area contributed by atoms with Crippen molar-refractivity contribution in [2.24, 2.45) is 0 Å². The van der Waals surface area contributed by atoms with Crippen LogP contribution in [-0.4, -0.2) is 34.7 Å². The maximum atomic E-state index is 13.9. The molecule has 1 aliphatic heterocycles. The number of nitrogens with zero attached hydrogens (tertiary/aromatic N) is 2. The highest BCUT2D eigenvalue weighted by Crippen LogP contribution is 2.33. The van der Waals surface area contributed by atoms with Crippen molar-refractivity contribution in [3.8, 4) is 11.3 Å². The van der Waals surface area contributed by atoms with Gasteiger partial charge in [-0.3, -0.25) is 14.4 Å². The lowest BCUT2D eigenvalue weighted by Gasteiger charge is -2.18. The smallest absolute Gasteiger partial charge is 0.339 e. The Morgan fingerprint density at radius 3 is 2.11 bits per heavy atom. The summed E-state index contributed by atoms with van der Waals surface area (Å²) in [6, 6.07) is 28.0. The van der Waals surface area contributed by atoms with Gasteiger partial charge in [-0.1, -0.05) is 90.8 Å². The average Bonchev–Trinajstić information content (AvgIpc) is 3.32. The van der Waals surface area contributed by atoms with Crippen LogP contribution in [0.25, 0.3) is 22.2 Å². The van der Waals surface area contributed by atoms with E-state index in [0.717, 1.165) is 14.9 Å². The molecule has 4 aromatic carbocycles. The van der Waals surface area contributed by atoms with E-state index in [9.17, 15) is 19.2 Å². The Hall–Kier alpha value is -4.95. The molecule has 6 rings (SSSR count). The van der Waals surface area contributed by atoms with Crippen molar-refractivity contribution in [3.05, 3.63) is 129 Å². The molecule has 0 radical (unpaired) electrons. The molecule has 0 saturated heterocycles. The molecule has 1 aliphatic rings. The molecule has 0 bridgehead atoms.